The van der Waals surface area contributed by atoms with Crippen LogP contribution in [0.2, 0.25) is 5.15 Å². The third-order valence-electron chi connectivity index (χ3n) is 3.21. The van der Waals surface area contributed by atoms with Crippen LogP contribution in [0.1, 0.15) is 24.1 Å². The molecule has 0 saturated heterocycles. The number of carbonyl (C=O) groups is 1. The van der Waals surface area contributed by atoms with Gasteiger partial charge < -0.3 is 10.2 Å². The number of aliphatic hydroxyl groups excluding tert-OH is 1. The Morgan fingerprint density at radius 1 is 1.62 bits per heavy atom. The summed E-state index contributed by atoms with van der Waals surface area (Å²) in [7, 11) is 1.67. The fourth-order valence-electron chi connectivity index (χ4n) is 2.40. The van der Waals surface area contributed by atoms with Gasteiger partial charge in [-0.05, 0) is 19.8 Å². The van der Waals surface area contributed by atoms with E-state index in [4.69, 9.17) is 11.6 Å². The van der Waals surface area contributed by atoms with E-state index in [1.165, 1.54) is 4.68 Å². The van der Waals surface area contributed by atoms with Gasteiger partial charge >= 0.3 is 5.97 Å². The van der Waals surface area contributed by atoms with Crippen LogP contribution in [0.3, 0.4) is 0 Å². The number of rotatable bonds is 2. The summed E-state index contributed by atoms with van der Waals surface area (Å²) < 4.78 is 1.46. The van der Waals surface area contributed by atoms with E-state index in [-0.39, 0.29) is 12.8 Å². The fourth-order valence-corrected chi connectivity index (χ4v) is 2.76. The van der Waals surface area contributed by atoms with Gasteiger partial charge in [0.25, 0.3) is 0 Å². The first-order chi connectivity index (χ1) is 7.38. The maximum absolute atomic E-state index is 11.4. The zero-order valence-electron chi connectivity index (χ0n) is 9.07. The van der Waals surface area contributed by atoms with Crippen molar-refractivity contribution in [3.05, 3.63) is 16.4 Å². The van der Waals surface area contributed by atoms with Crippen LogP contribution in [-0.4, -0.2) is 32.1 Å². The minimum atomic E-state index is -1.06. The molecule has 1 fully saturated rings. The number of aromatic nitrogens is 2. The highest BCUT2D eigenvalue weighted by Crippen LogP contribution is 2.47. The normalized spacial score (nSPS) is 28.9. The van der Waals surface area contributed by atoms with E-state index >= 15 is 0 Å². The molecule has 0 bridgehead atoms. The molecule has 0 atom stereocenters. The summed E-state index contributed by atoms with van der Waals surface area (Å²) >= 11 is 6.06. The molecule has 0 radical (unpaired) electrons. The van der Waals surface area contributed by atoms with Crippen molar-refractivity contribution in [2.75, 3.05) is 0 Å². The van der Waals surface area contributed by atoms with E-state index in [1.54, 1.807) is 14.0 Å². The Labute approximate surface area is 97.6 Å². The molecule has 1 saturated carbocycles. The van der Waals surface area contributed by atoms with Crippen molar-refractivity contribution >= 4 is 17.6 Å². The highest BCUT2D eigenvalue weighted by Gasteiger charge is 2.54. The van der Waals surface area contributed by atoms with Crippen molar-refractivity contribution in [3.8, 4) is 0 Å². The molecule has 1 aliphatic rings. The second-order valence-corrected chi connectivity index (χ2v) is 4.68. The fraction of sp³-hybridized carbons (Fsp3) is 0.600. The van der Waals surface area contributed by atoms with Crippen LogP contribution in [0.5, 0.6) is 0 Å². The zero-order valence-corrected chi connectivity index (χ0v) is 9.82. The van der Waals surface area contributed by atoms with Crippen LogP contribution in [0.4, 0.5) is 0 Å². The quantitative estimate of drug-likeness (QED) is 0.809. The van der Waals surface area contributed by atoms with Crippen molar-refractivity contribution in [1.82, 2.24) is 9.78 Å². The molecule has 0 unspecified atom stereocenters. The molecule has 5 nitrogen and oxygen atoms in total. The number of aliphatic hydroxyl groups is 1. The molecule has 0 amide bonds. The Kier molecular flexibility index (Phi) is 2.47. The zero-order chi connectivity index (χ0) is 12.1. The molecule has 1 aromatic heterocycles. The van der Waals surface area contributed by atoms with Gasteiger partial charge in [-0.15, -0.1) is 0 Å². The molecular formula is C10H13ClN2O3. The molecule has 2 rings (SSSR count). The maximum atomic E-state index is 11.4. The lowest BCUT2D eigenvalue weighted by Crippen LogP contribution is -2.51. The van der Waals surface area contributed by atoms with Crippen LogP contribution < -0.4 is 0 Å². The molecular weight excluding hydrogens is 232 g/mol. The number of nitrogens with zero attached hydrogens (tertiary/aromatic N) is 2. The molecule has 16 heavy (non-hydrogen) atoms. The monoisotopic (exact) mass is 244 g/mol. The summed E-state index contributed by atoms with van der Waals surface area (Å²) in [4.78, 5) is 11.4. The maximum Gasteiger partial charge on any atom is 0.314 e. The van der Waals surface area contributed by atoms with Gasteiger partial charge in [-0.3, -0.25) is 9.48 Å². The van der Waals surface area contributed by atoms with Crippen LogP contribution >= 0.6 is 11.6 Å². The van der Waals surface area contributed by atoms with E-state index in [9.17, 15) is 15.0 Å². The number of carboxylic acid groups (broad SMARTS) is 1. The number of hydrogen-bond donors (Lipinski definition) is 2. The minimum absolute atomic E-state index is 0.203. The third-order valence-corrected chi connectivity index (χ3v) is 3.64. The summed E-state index contributed by atoms with van der Waals surface area (Å²) in [6, 6.07) is 0. The molecule has 0 spiro atoms. The van der Waals surface area contributed by atoms with Crippen LogP contribution in [0, 0.1) is 6.92 Å². The number of aryl methyl sites for hydroxylation is 2. The van der Waals surface area contributed by atoms with E-state index in [0.29, 0.717) is 16.4 Å². The molecule has 0 aromatic carbocycles. The molecule has 6 heteroatoms. The van der Waals surface area contributed by atoms with Gasteiger partial charge in [-0.2, -0.15) is 5.10 Å². The first-order valence-corrected chi connectivity index (χ1v) is 5.37. The van der Waals surface area contributed by atoms with E-state index < -0.39 is 17.5 Å². The second-order valence-electron chi connectivity index (χ2n) is 4.32. The topological polar surface area (TPSA) is 75.4 Å². The highest BCUT2D eigenvalue weighted by molar-refractivity contribution is 6.30. The van der Waals surface area contributed by atoms with Crippen molar-refractivity contribution < 1.29 is 15.0 Å². The third kappa shape index (κ3) is 1.35. The lowest BCUT2D eigenvalue weighted by Gasteiger charge is -2.41. The number of carboxylic acids is 1. The van der Waals surface area contributed by atoms with Gasteiger partial charge in [0.1, 0.15) is 10.6 Å². The second kappa shape index (κ2) is 3.46. The van der Waals surface area contributed by atoms with Gasteiger partial charge in [0.05, 0.1) is 11.8 Å². The predicted octanol–water partition coefficient (Wildman–Crippen LogP) is 0.859. The molecule has 0 aliphatic heterocycles. The average Bonchev–Trinajstić information content (AvgIpc) is 2.36. The van der Waals surface area contributed by atoms with Gasteiger partial charge in [-0.25, -0.2) is 0 Å². The van der Waals surface area contributed by atoms with Gasteiger partial charge in [0, 0.05) is 12.6 Å². The smallest absolute Gasteiger partial charge is 0.314 e. The van der Waals surface area contributed by atoms with E-state index in [2.05, 4.69) is 5.10 Å². The van der Waals surface area contributed by atoms with Crippen molar-refractivity contribution in [3.63, 3.8) is 0 Å². The molecule has 1 aromatic rings. The van der Waals surface area contributed by atoms with Gasteiger partial charge in [0.15, 0.2) is 0 Å². The Morgan fingerprint density at radius 3 is 2.50 bits per heavy atom. The van der Waals surface area contributed by atoms with E-state index in [0.717, 1.165) is 0 Å². The summed E-state index contributed by atoms with van der Waals surface area (Å²) in [5.74, 6) is -0.948. The predicted molar refractivity (Wildman–Crippen MR) is 57.5 cm³/mol. The molecule has 2 N–H and O–H groups in total. The lowest BCUT2D eigenvalue weighted by atomic mass is 9.63. The Hall–Kier alpha value is -1.07. The summed E-state index contributed by atoms with van der Waals surface area (Å²) in [6.45, 7) is 1.73. The highest BCUT2D eigenvalue weighted by atomic mass is 35.5. The van der Waals surface area contributed by atoms with Crippen LogP contribution in [0.25, 0.3) is 0 Å². The van der Waals surface area contributed by atoms with Gasteiger partial charge in [0.2, 0.25) is 0 Å². The first kappa shape index (κ1) is 11.4. The lowest BCUT2D eigenvalue weighted by molar-refractivity contribution is -0.153. The summed E-state index contributed by atoms with van der Waals surface area (Å²) in [5.41, 5.74) is 0.0886. The molecule has 1 aliphatic carbocycles. The standard InChI is InChI=1S/C10H13ClN2O3/c1-5-7(8(11)13(2)12-5)10(9(15)16)3-6(14)4-10/h6,14H,3-4H2,1-2H3,(H,15,16). The Balaban J connectivity index is 2.53. The van der Waals surface area contributed by atoms with Crippen LogP contribution in [-0.2, 0) is 17.3 Å². The number of hydrogen-bond acceptors (Lipinski definition) is 3. The average molecular weight is 245 g/mol. The van der Waals surface area contributed by atoms with Crippen molar-refractivity contribution in [1.29, 1.82) is 0 Å². The number of halogens is 1. The largest absolute Gasteiger partial charge is 0.481 e. The minimum Gasteiger partial charge on any atom is -0.481 e. The Bertz CT molecular complexity index is 449. The molecule has 1 heterocycles. The number of aliphatic carboxylic acids is 1. The van der Waals surface area contributed by atoms with Gasteiger partial charge in [-0.1, -0.05) is 11.6 Å². The van der Waals surface area contributed by atoms with Crippen LogP contribution in [0.15, 0.2) is 0 Å². The van der Waals surface area contributed by atoms with Crippen molar-refractivity contribution in [2.45, 2.75) is 31.3 Å². The Morgan fingerprint density at radius 2 is 2.19 bits per heavy atom. The summed E-state index contributed by atoms with van der Waals surface area (Å²) in [6.07, 6.45) is -0.157. The SMILES string of the molecule is Cc1nn(C)c(Cl)c1C1(C(=O)O)CC(O)C1. The first-order valence-electron chi connectivity index (χ1n) is 4.99. The van der Waals surface area contributed by atoms with E-state index in [1.807, 2.05) is 0 Å². The summed E-state index contributed by atoms with van der Waals surface area (Å²) in [5, 5.41) is 23.1. The van der Waals surface area contributed by atoms with Crippen molar-refractivity contribution in [2.24, 2.45) is 7.05 Å². The molecule has 88 valence electrons.